The zero-order valence-electron chi connectivity index (χ0n) is 13.7. The van der Waals surface area contributed by atoms with E-state index in [1.165, 1.54) is 12.1 Å². The molecule has 1 amide bonds. The molecule has 3 N–H and O–H groups in total. The molecule has 1 aromatic rings. The fourth-order valence-electron chi connectivity index (χ4n) is 2.76. The minimum Gasteiger partial charge on any atom is -0.406 e. The van der Waals surface area contributed by atoms with Gasteiger partial charge in [-0.15, -0.1) is 13.2 Å². The Kier molecular flexibility index (Phi) is 5.39. The van der Waals surface area contributed by atoms with Gasteiger partial charge in [0, 0.05) is 24.8 Å². The number of likely N-dealkylation sites (tertiary alicyclic amines) is 1. The third-order valence-electron chi connectivity index (χ3n) is 4.13. The molecule has 0 saturated carbocycles. The number of piperidine rings is 1. The van der Waals surface area contributed by atoms with E-state index in [2.05, 4.69) is 23.9 Å². The molecule has 8 heteroatoms. The lowest BCUT2D eigenvalue weighted by Crippen LogP contribution is -2.53. The van der Waals surface area contributed by atoms with Crippen LogP contribution in [0.3, 0.4) is 0 Å². The number of carbonyl (C=O) groups excluding carboxylic acids is 1. The predicted octanol–water partition coefficient (Wildman–Crippen LogP) is 2.58. The zero-order valence-corrected chi connectivity index (χ0v) is 13.7. The Morgan fingerprint density at radius 1 is 1.38 bits per heavy atom. The highest BCUT2D eigenvalue weighted by Crippen LogP contribution is 2.27. The Hall–Kier alpha value is -1.80. The van der Waals surface area contributed by atoms with Crippen LogP contribution < -0.4 is 15.8 Å². The second-order valence-corrected chi connectivity index (χ2v) is 6.71. The molecule has 1 saturated heterocycles. The highest BCUT2D eigenvalue weighted by atomic mass is 19.4. The summed E-state index contributed by atoms with van der Waals surface area (Å²) in [6, 6.07) is 5.17. The summed E-state index contributed by atoms with van der Waals surface area (Å²) in [5.74, 6) is -0.543. The quantitative estimate of drug-likeness (QED) is 0.880. The van der Waals surface area contributed by atoms with Crippen molar-refractivity contribution in [3.8, 4) is 5.75 Å². The largest absolute Gasteiger partial charge is 0.573 e. The fourth-order valence-corrected chi connectivity index (χ4v) is 2.76. The summed E-state index contributed by atoms with van der Waals surface area (Å²) in [7, 11) is 0. The summed E-state index contributed by atoms with van der Waals surface area (Å²) < 4.78 is 40.1. The first-order chi connectivity index (χ1) is 11.0. The van der Waals surface area contributed by atoms with E-state index in [1.54, 1.807) is 0 Å². The van der Waals surface area contributed by atoms with E-state index < -0.39 is 6.36 Å². The van der Waals surface area contributed by atoms with Crippen molar-refractivity contribution in [1.82, 2.24) is 4.90 Å². The number of anilines is 1. The van der Waals surface area contributed by atoms with Gasteiger partial charge in [0.1, 0.15) is 5.75 Å². The first kappa shape index (κ1) is 18.5. The summed E-state index contributed by atoms with van der Waals surface area (Å²) in [6.07, 6.45) is -3.91. The molecular formula is C16H22F3N3O2. The molecule has 1 aliphatic rings. The van der Waals surface area contributed by atoms with Gasteiger partial charge in [0.25, 0.3) is 0 Å². The van der Waals surface area contributed by atoms with Crippen molar-refractivity contribution in [3.63, 3.8) is 0 Å². The molecule has 134 valence electrons. The molecule has 1 fully saturated rings. The lowest BCUT2D eigenvalue weighted by Gasteiger charge is -2.42. The molecule has 0 radical (unpaired) electrons. The van der Waals surface area contributed by atoms with Crippen molar-refractivity contribution >= 4 is 11.6 Å². The third-order valence-corrected chi connectivity index (χ3v) is 4.13. The third kappa shape index (κ3) is 5.38. The van der Waals surface area contributed by atoms with Gasteiger partial charge < -0.3 is 15.8 Å². The molecule has 0 aliphatic carbocycles. The molecule has 0 spiro atoms. The van der Waals surface area contributed by atoms with Crippen LogP contribution in [-0.2, 0) is 4.79 Å². The van der Waals surface area contributed by atoms with Gasteiger partial charge in [-0.1, -0.05) is 13.8 Å². The summed E-state index contributed by atoms with van der Waals surface area (Å²) in [5.41, 5.74) is 6.43. The standard InChI is InChI=1S/C16H22F3N3O2/c1-15(2)10-22(8-7-13(15)20)9-14(23)21-11-3-5-12(6-4-11)24-16(17,18)19/h3-6,13H,7-10,20H2,1-2H3,(H,21,23). The Morgan fingerprint density at radius 3 is 2.54 bits per heavy atom. The highest BCUT2D eigenvalue weighted by Gasteiger charge is 2.34. The van der Waals surface area contributed by atoms with Crippen LogP contribution in [0.4, 0.5) is 18.9 Å². The first-order valence-electron chi connectivity index (χ1n) is 7.69. The van der Waals surface area contributed by atoms with Crippen LogP contribution in [-0.4, -0.2) is 42.8 Å². The van der Waals surface area contributed by atoms with E-state index in [0.29, 0.717) is 5.69 Å². The van der Waals surface area contributed by atoms with Gasteiger partial charge in [-0.25, -0.2) is 0 Å². The van der Waals surface area contributed by atoms with Crippen LogP contribution in [0.2, 0.25) is 0 Å². The average molecular weight is 345 g/mol. The monoisotopic (exact) mass is 345 g/mol. The number of carbonyl (C=O) groups is 1. The number of hydrogen-bond acceptors (Lipinski definition) is 4. The van der Waals surface area contributed by atoms with Crippen LogP contribution in [0, 0.1) is 5.41 Å². The minimum atomic E-state index is -4.73. The van der Waals surface area contributed by atoms with Crippen LogP contribution in [0.25, 0.3) is 0 Å². The van der Waals surface area contributed by atoms with E-state index in [1.807, 2.05) is 4.90 Å². The van der Waals surface area contributed by atoms with Crippen molar-refractivity contribution in [3.05, 3.63) is 24.3 Å². The summed E-state index contributed by atoms with van der Waals surface area (Å²) in [4.78, 5) is 14.1. The van der Waals surface area contributed by atoms with E-state index in [-0.39, 0.29) is 29.7 Å². The van der Waals surface area contributed by atoms with E-state index in [9.17, 15) is 18.0 Å². The number of amides is 1. The maximum atomic E-state index is 12.1. The highest BCUT2D eigenvalue weighted by molar-refractivity contribution is 5.92. The number of hydrogen-bond donors (Lipinski definition) is 2. The molecule has 0 bridgehead atoms. The Balaban J connectivity index is 1.86. The Labute approximate surface area is 138 Å². The van der Waals surface area contributed by atoms with Crippen molar-refractivity contribution in [2.45, 2.75) is 32.7 Å². The molecule has 1 atom stereocenters. The van der Waals surface area contributed by atoms with Crippen LogP contribution in [0.5, 0.6) is 5.75 Å². The SMILES string of the molecule is CC1(C)CN(CC(=O)Nc2ccc(OC(F)(F)F)cc2)CCC1N. The smallest absolute Gasteiger partial charge is 0.406 e. The van der Waals surface area contributed by atoms with Crippen molar-refractivity contribution < 1.29 is 22.7 Å². The number of alkyl halides is 3. The number of rotatable bonds is 4. The van der Waals surface area contributed by atoms with Crippen LogP contribution in [0.15, 0.2) is 24.3 Å². The van der Waals surface area contributed by atoms with Crippen molar-refractivity contribution in [2.75, 3.05) is 25.0 Å². The number of nitrogens with zero attached hydrogens (tertiary/aromatic N) is 1. The normalized spacial score (nSPS) is 21.3. The molecule has 5 nitrogen and oxygen atoms in total. The molecule has 2 rings (SSSR count). The molecule has 0 aromatic heterocycles. The molecular weight excluding hydrogens is 323 g/mol. The second-order valence-electron chi connectivity index (χ2n) is 6.71. The van der Waals surface area contributed by atoms with Crippen molar-refractivity contribution in [1.29, 1.82) is 0 Å². The molecule has 1 heterocycles. The van der Waals surface area contributed by atoms with Gasteiger partial charge in [-0.05, 0) is 36.1 Å². The van der Waals surface area contributed by atoms with Gasteiger partial charge in [-0.3, -0.25) is 9.69 Å². The van der Waals surface area contributed by atoms with Crippen LogP contribution >= 0.6 is 0 Å². The lowest BCUT2D eigenvalue weighted by molar-refractivity contribution is -0.274. The maximum Gasteiger partial charge on any atom is 0.573 e. The van der Waals surface area contributed by atoms with Crippen LogP contribution in [0.1, 0.15) is 20.3 Å². The topological polar surface area (TPSA) is 67.6 Å². The number of halogens is 3. The molecule has 1 unspecified atom stereocenters. The van der Waals surface area contributed by atoms with Gasteiger partial charge in [0.2, 0.25) is 5.91 Å². The van der Waals surface area contributed by atoms with E-state index in [0.717, 1.165) is 31.6 Å². The molecule has 24 heavy (non-hydrogen) atoms. The van der Waals surface area contributed by atoms with Crippen molar-refractivity contribution in [2.24, 2.45) is 11.1 Å². The second kappa shape index (κ2) is 6.98. The van der Waals surface area contributed by atoms with Gasteiger partial charge in [0.05, 0.1) is 6.54 Å². The van der Waals surface area contributed by atoms with Gasteiger partial charge in [-0.2, -0.15) is 0 Å². The predicted molar refractivity (Wildman–Crippen MR) is 84.6 cm³/mol. The van der Waals surface area contributed by atoms with E-state index >= 15 is 0 Å². The molecule has 1 aromatic carbocycles. The number of nitrogens with one attached hydrogen (secondary N) is 1. The zero-order chi connectivity index (χ0) is 18.0. The lowest BCUT2D eigenvalue weighted by atomic mass is 9.80. The first-order valence-corrected chi connectivity index (χ1v) is 7.69. The Bertz CT molecular complexity index is 573. The average Bonchev–Trinajstić information content (AvgIpc) is 2.43. The number of ether oxygens (including phenoxy) is 1. The van der Waals surface area contributed by atoms with Gasteiger partial charge >= 0.3 is 6.36 Å². The number of nitrogens with two attached hydrogens (primary N) is 1. The van der Waals surface area contributed by atoms with E-state index in [4.69, 9.17) is 5.73 Å². The van der Waals surface area contributed by atoms with Gasteiger partial charge in [0.15, 0.2) is 0 Å². The molecule has 1 aliphatic heterocycles. The summed E-state index contributed by atoms with van der Waals surface area (Å²) in [6.45, 7) is 5.83. The number of benzene rings is 1. The Morgan fingerprint density at radius 2 is 2.00 bits per heavy atom. The summed E-state index contributed by atoms with van der Waals surface area (Å²) >= 11 is 0. The minimum absolute atomic E-state index is 0.0604. The maximum absolute atomic E-state index is 12.1. The fraction of sp³-hybridized carbons (Fsp3) is 0.562. The summed E-state index contributed by atoms with van der Waals surface area (Å²) in [5, 5.41) is 2.67.